The van der Waals surface area contributed by atoms with E-state index in [2.05, 4.69) is 6.92 Å². The van der Waals surface area contributed by atoms with Gasteiger partial charge in [0.1, 0.15) is 11.3 Å². The predicted octanol–water partition coefficient (Wildman–Crippen LogP) is 3.30. The maximum atomic E-state index is 11.7. The highest BCUT2D eigenvalue weighted by Crippen LogP contribution is 2.23. The van der Waals surface area contributed by atoms with Crippen molar-refractivity contribution in [2.45, 2.75) is 39.5 Å². The Labute approximate surface area is 102 Å². The van der Waals surface area contributed by atoms with Crippen molar-refractivity contribution in [3.63, 3.8) is 0 Å². The third kappa shape index (κ3) is 3.77. The van der Waals surface area contributed by atoms with Crippen LogP contribution in [0.25, 0.3) is 0 Å². The van der Waals surface area contributed by atoms with E-state index < -0.39 is 5.97 Å². The molecule has 17 heavy (non-hydrogen) atoms. The van der Waals surface area contributed by atoms with Crippen molar-refractivity contribution in [1.29, 1.82) is 0 Å². The lowest BCUT2D eigenvalue weighted by atomic mass is 10.0. The first-order valence-electron chi connectivity index (χ1n) is 6.18. The van der Waals surface area contributed by atoms with Gasteiger partial charge in [0.2, 0.25) is 0 Å². The molecule has 0 heterocycles. The third-order valence-electron chi connectivity index (χ3n) is 2.66. The number of carbonyl (C=O) groups excluding carboxylic acids is 1. The number of unbranched alkanes of at least 4 members (excludes halogenated alkanes) is 2. The van der Waals surface area contributed by atoms with Crippen LogP contribution in [0.2, 0.25) is 0 Å². The highest BCUT2D eigenvalue weighted by atomic mass is 16.5. The number of rotatable bonds is 6. The summed E-state index contributed by atoms with van der Waals surface area (Å²) in [6.45, 7) is 4.21. The normalized spacial score (nSPS) is 10.2. The Morgan fingerprint density at radius 3 is 2.71 bits per heavy atom. The van der Waals surface area contributed by atoms with Crippen LogP contribution in [0.1, 0.15) is 49.0 Å². The van der Waals surface area contributed by atoms with Crippen LogP contribution in [0.3, 0.4) is 0 Å². The van der Waals surface area contributed by atoms with Crippen molar-refractivity contribution in [3.05, 3.63) is 29.3 Å². The van der Waals surface area contributed by atoms with Crippen LogP contribution in [0.5, 0.6) is 5.75 Å². The molecule has 3 heteroatoms. The molecule has 1 aromatic rings. The third-order valence-corrected chi connectivity index (χ3v) is 2.66. The molecule has 0 saturated carbocycles. The second kappa shape index (κ2) is 6.94. The van der Waals surface area contributed by atoms with Gasteiger partial charge in [-0.15, -0.1) is 0 Å². The monoisotopic (exact) mass is 236 g/mol. The van der Waals surface area contributed by atoms with Crippen LogP contribution in [0.15, 0.2) is 18.2 Å². The lowest BCUT2D eigenvalue weighted by molar-refractivity contribution is 0.0521. The zero-order chi connectivity index (χ0) is 12.7. The van der Waals surface area contributed by atoms with E-state index in [9.17, 15) is 9.90 Å². The Hall–Kier alpha value is -1.51. The maximum absolute atomic E-state index is 11.7. The smallest absolute Gasteiger partial charge is 0.342 e. The average Bonchev–Trinajstić information content (AvgIpc) is 2.29. The molecule has 0 atom stereocenters. The number of ether oxygens (including phenoxy) is 1. The molecule has 0 fully saturated rings. The molecule has 1 rings (SSSR count). The first-order chi connectivity index (χ1) is 8.20. The molecule has 0 aliphatic rings. The molecular weight excluding hydrogens is 216 g/mol. The van der Waals surface area contributed by atoms with E-state index in [-0.39, 0.29) is 5.75 Å². The van der Waals surface area contributed by atoms with Crippen LogP contribution in [0.4, 0.5) is 0 Å². The van der Waals surface area contributed by atoms with Crippen LogP contribution < -0.4 is 0 Å². The number of hydrogen-bond donors (Lipinski definition) is 1. The Morgan fingerprint density at radius 2 is 2.06 bits per heavy atom. The summed E-state index contributed by atoms with van der Waals surface area (Å²) in [6, 6.07) is 5.16. The lowest BCUT2D eigenvalue weighted by Gasteiger charge is -2.10. The van der Waals surface area contributed by atoms with Crippen LogP contribution >= 0.6 is 0 Å². The molecule has 0 bridgehead atoms. The van der Waals surface area contributed by atoms with E-state index in [1.807, 2.05) is 6.07 Å². The van der Waals surface area contributed by atoms with Crippen molar-refractivity contribution >= 4 is 5.97 Å². The van der Waals surface area contributed by atoms with Gasteiger partial charge in [0.05, 0.1) is 6.61 Å². The van der Waals surface area contributed by atoms with Gasteiger partial charge >= 0.3 is 5.97 Å². The van der Waals surface area contributed by atoms with Crippen molar-refractivity contribution in [3.8, 4) is 5.75 Å². The fourth-order valence-corrected chi connectivity index (χ4v) is 1.80. The summed E-state index contributed by atoms with van der Waals surface area (Å²) in [7, 11) is 0. The van der Waals surface area contributed by atoms with E-state index in [0.717, 1.165) is 31.2 Å². The summed E-state index contributed by atoms with van der Waals surface area (Å²) >= 11 is 0. The molecular formula is C14H20O3. The minimum atomic E-state index is -0.433. The van der Waals surface area contributed by atoms with Crippen molar-refractivity contribution in [1.82, 2.24) is 0 Å². The highest BCUT2D eigenvalue weighted by molar-refractivity contribution is 5.94. The first-order valence-corrected chi connectivity index (χ1v) is 6.18. The summed E-state index contributed by atoms with van der Waals surface area (Å²) in [4.78, 5) is 11.7. The van der Waals surface area contributed by atoms with Crippen molar-refractivity contribution in [2.75, 3.05) is 6.61 Å². The number of hydrogen-bond acceptors (Lipinski definition) is 3. The van der Waals surface area contributed by atoms with Gasteiger partial charge in [0.25, 0.3) is 0 Å². The molecule has 0 saturated heterocycles. The standard InChI is InChI=1S/C14H20O3/c1-3-5-6-8-11-9-7-10-12(15)13(11)14(16)17-4-2/h7,9-10,15H,3-6,8H2,1-2H3. The quantitative estimate of drug-likeness (QED) is 0.609. The molecule has 0 amide bonds. The van der Waals surface area contributed by atoms with E-state index in [4.69, 9.17) is 4.74 Å². The Kier molecular flexibility index (Phi) is 5.53. The molecule has 1 aromatic carbocycles. The number of phenolic OH excluding ortho intramolecular Hbond substituents is 1. The largest absolute Gasteiger partial charge is 0.507 e. The number of benzene rings is 1. The van der Waals surface area contributed by atoms with E-state index in [1.165, 1.54) is 6.07 Å². The number of esters is 1. The van der Waals surface area contributed by atoms with Crippen LogP contribution in [-0.2, 0) is 11.2 Å². The summed E-state index contributed by atoms with van der Waals surface area (Å²) in [5, 5.41) is 9.74. The Morgan fingerprint density at radius 1 is 1.29 bits per heavy atom. The number of carbonyl (C=O) groups is 1. The number of phenols is 1. The molecule has 3 nitrogen and oxygen atoms in total. The lowest BCUT2D eigenvalue weighted by Crippen LogP contribution is -2.08. The first kappa shape index (κ1) is 13.6. The second-order valence-corrected chi connectivity index (χ2v) is 3.99. The average molecular weight is 236 g/mol. The Bertz CT molecular complexity index is 372. The maximum Gasteiger partial charge on any atom is 0.342 e. The highest BCUT2D eigenvalue weighted by Gasteiger charge is 2.16. The van der Waals surface area contributed by atoms with E-state index in [0.29, 0.717) is 12.2 Å². The van der Waals surface area contributed by atoms with Gasteiger partial charge in [-0.2, -0.15) is 0 Å². The topological polar surface area (TPSA) is 46.5 Å². The zero-order valence-electron chi connectivity index (χ0n) is 10.5. The molecule has 0 aromatic heterocycles. The van der Waals surface area contributed by atoms with Gasteiger partial charge < -0.3 is 9.84 Å². The second-order valence-electron chi connectivity index (χ2n) is 3.99. The van der Waals surface area contributed by atoms with Gasteiger partial charge in [-0.05, 0) is 31.4 Å². The SMILES string of the molecule is CCCCCc1cccc(O)c1C(=O)OCC. The summed E-state index contributed by atoms with van der Waals surface area (Å²) < 4.78 is 4.96. The van der Waals surface area contributed by atoms with Crippen molar-refractivity contribution < 1.29 is 14.6 Å². The van der Waals surface area contributed by atoms with Gasteiger partial charge in [0, 0.05) is 0 Å². The molecule has 1 N–H and O–H groups in total. The van der Waals surface area contributed by atoms with E-state index >= 15 is 0 Å². The Balaban J connectivity index is 2.87. The fraction of sp³-hybridized carbons (Fsp3) is 0.500. The molecule has 0 spiro atoms. The summed E-state index contributed by atoms with van der Waals surface area (Å²) in [5.74, 6) is -0.422. The minimum Gasteiger partial charge on any atom is -0.507 e. The van der Waals surface area contributed by atoms with Gasteiger partial charge in [-0.1, -0.05) is 31.9 Å². The number of aromatic hydroxyl groups is 1. The fourth-order valence-electron chi connectivity index (χ4n) is 1.80. The van der Waals surface area contributed by atoms with Crippen LogP contribution in [-0.4, -0.2) is 17.7 Å². The molecule has 94 valence electrons. The van der Waals surface area contributed by atoms with Gasteiger partial charge in [-0.25, -0.2) is 4.79 Å². The van der Waals surface area contributed by atoms with Gasteiger partial charge in [0.15, 0.2) is 0 Å². The molecule has 0 radical (unpaired) electrons. The summed E-state index contributed by atoms with van der Waals surface area (Å²) in [6.07, 6.45) is 4.08. The predicted molar refractivity (Wildman–Crippen MR) is 67.3 cm³/mol. The molecule has 0 aliphatic heterocycles. The number of aryl methyl sites for hydroxylation is 1. The van der Waals surface area contributed by atoms with Crippen molar-refractivity contribution in [2.24, 2.45) is 0 Å². The van der Waals surface area contributed by atoms with Gasteiger partial charge in [-0.3, -0.25) is 0 Å². The van der Waals surface area contributed by atoms with Crippen LogP contribution in [0, 0.1) is 0 Å². The van der Waals surface area contributed by atoms with E-state index in [1.54, 1.807) is 13.0 Å². The minimum absolute atomic E-state index is 0.0115. The molecule has 0 aliphatic carbocycles. The molecule has 0 unspecified atom stereocenters. The zero-order valence-corrected chi connectivity index (χ0v) is 10.5. The summed E-state index contributed by atoms with van der Waals surface area (Å²) in [5.41, 5.74) is 1.20.